The van der Waals surface area contributed by atoms with E-state index in [2.05, 4.69) is 24.1 Å². The lowest BCUT2D eigenvalue weighted by Gasteiger charge is -2.36. The van der Waals surface area contributed by atoms with Crippen LogP contribution in [0.25, 0.3) is 0 Å². The van der Waals surface area contributed by atoms with Gasteiger partial charge in [0.1, 0.15) is 0 Å². The molecule has 0 radical (unpaired) electrons. The van der Waals surface area contributed by atoms with Crippen LogP contribution in [0.1, 0.15) is 52.4 Å². The molecule has 16 heavy (non-hydrogen) atoms. The third kappa shape index (κ3) is 3.46. The van der Waals surface area contributed by atoms with Gasteiger partial charge in [0.2, 0.25) is 0 Å². The zero-order valence-corrected chi connectivity index (χ0v) is 11.0. The molecular formula is C14H28N2. The summed E-state index contributed by atoms with van der Waals surface area (Å²) in [6.07, 6.45) is 8.45. The first-order valence-electron chi connectivity index (χ1n) is 7.26. The summed E-state index contributed by atoms with van der Waals surface area (Å²) >= 11 is 0. The molecule has 0 spiro atoms. The Morgan fingerprint density at radius 1 is 1.06 bits per heavy atom. The third-order valence-corrected chi connectivity index (χ3v) is 4.44. The van der Waals surface area contributed by atoms with E-state index >= 15 is 0 Å². The minimum atomic E-state index is 0.770. The van der Waals surface area contributed by atoms with Crippen molar-refractivity contribution in [3.8, 4) is 0 Å². The first kappa shape index (κ1) is 12.4. The highest BCUT2D eigenvalue weighted by Crippen LogP contribution is 2.24. The van der Waals surface area contributed by atoms with Gasteiger partial charge in [-0.15, -0.1) is 0 Å². The topological polar surface area (TPSA) is 15.3 Å². The van der Waals surface area contributed by atoms with Crippen molar-refractivity contribution in [3.05, 3.63) is 0 Å². The predicted octanol–water partition coefficient (Wildman–Crippen LogP) is 2.64. The Balaban J connectivity index is 1.72. The molecule has 1 aliphatic heterocycles. The number of piperidine rings is 1. The van der Waals surface area contributed by atoms with E-state index in [0.717, 1.165) is 18.0 Å². The molecule has 0 bridgehead atoms. The van der Waals surface area contributed by atoms with Gasteiger partial charge in [0, 0.05) is 18.6 Å². The molecule has 1 heterocycles. The van der Waals surface area contributed by atoms with Crippen LogP contribution >= 0.6 is 0 Å². The van der Waals surface area contributed by atoms with Crippen LogP contribution in [0.4, 0.5) is 0 Å². The summed E-state index contributed by atoms with van der Waals surface area (Å²) in [4.78, 5) is 2.59. The first-order valence-corrected chi connectivity index (χ1v) is 7.26. The van der Waals surface area contributed by atoms with E-state index in [9.17, 15) is 0 Å². The van der Waals surface area contributed by atoms with Crippen molar-refractivity contribution in [3.63, 3.8) is 0 Å². The van der Waals surface area contributed by atoms with E-state index in [0.29, 0.717) is 0 Å². The highest BCUT2D eigenvalue weighted by Gasteiger charge is 2.23. The van der Waals surface area contributed by atoms with Crippen molar-refractivity contribution in [2.45, 2.75) is 64.5 Å². The molecule has 2 fully saturated rings. The lowest BCUT2D eigenvalue weighted by molar-refractivity contribution is 0.177. The second-order valence-electron chi connectivity index (χ2n) is 5.86. The lowest BCUT2D eigenvalue weighted by atomic mass is 9.86. The molecular weight excluding hydrogens is 196 g/mol. The molecule has 0 aromatic rings. The molecule has 1 unspecified atom stereocenters. The Kier molecular flexibility index (Phi) is 4.66. The molecule has 94 valence electrons. The molecule has 0 aromatic carbocycles. The average Bonchev–Trinajstić information content (AvgIpc) is 2.32. The predicted molar refractivity (Wildman–Crippen MR) is 69.7 cm³/mol. The molecule has 2 heteroatoms. The second-order valence-corrected chi connectivity index (χ2v) is 5.86. The van der Waals surface area contributed by atoms with Crippen molar-refractivity contribution in [2.24, 2.45) is 5.92 Å². The monoisotopic (exact) mass is 224 g/mol. The largest absolute Gasteiger partial charge is 0.310 e. The van der Waals surface area contributed by atoms with Gasteiger partial charge < -0.3 is 10.2 Å². The second kappa shape index (κ2) is 6.02. The van der Waals surface area contributed by atoms with Crippen molar-refractivity contribution in [2.75, 3.05) is 19.6 Å². The normalized spacial score (nSPS) is 37.5. The Morgan fingerprint density at radius 3 is 2.50 bits per heavy atom. The first-order chi connectivity index (χ1) is 7.78. The number of likely N-dealkylation sites (tertiary alicyclic amines) is 1. The van der Waals surface area contributed by atoms with E-state index in [1.54, 1.807) is 0 Å². The zero-order chi connectivity index (χ0) is 11.4. The molecule has 1 aliphatic carbocycles. The number of hydrogen-bond donors (Lipinski definition) is 1. The van der Waals surface area contributed by atoms with Gasteiger partial charge in [-0.2, -0.15) is 0 Å². The third-order valence-electron chi connectivity index (χ3n) is 4.44. The van der Waals surface area contributed by atoms with E-state index < -0.39 is 0 Å². The quantitative estimate of drug-likeness (QED) is 0.793. The van der Waals surface area contributed by atoms with Crippen LogP contribution in [-0.2, 0) is 0 Å². The van der Waals surface area contributed by atoms with E-state index in [1.165, 1.54) is 58.2 Å². The number of hydrogen-bond acceptors (Lipinski definition) is 2. The van der Waals surface area contributed by atoms with Crippen LogP contribution in [0.5, 0.6) is 0 Å². The zero-order valence-electron chi connectivity index (χ0n) is 11.0. The van der Waals surface area contributed by atoms with Crippen molar-refractivity contribution in [1.82, 2.24) is 10.2 Å². The van der Waals surface area contributed by atoms with Crippen LogP contribution < -0.4 is 5.32 Å². The van der Waals surface area contributed by atoms with E-state index in [-0.39, 0.29) is 0 Å². The van der Waals surface area contributed by atoms with Gasteiger partial charge in [-0.1, -0.05) is 13.8 Å². The summed E-state index contributed by atoms with van der Waals surface area (Å²) < 4.78 is 0. The van der Waals surface area contributed by atoms with Gasteiger partial charge >= 0.3 is 0 Å². The van der Waals surface area contributed by atoms with Crippen LogP contribution in [0.3, 0.4) is 0 Å². The average molecular weight is 224 g/mol. The number of rotatable bonds is 3. The fourth-order valence-corrected chi connectivity index (χ4v) is 3.24. The van der Waals surface area contributed by atoms with Crippen molar-refractivity contribution in [1.29, 1.82) is 0 Å². The maximum atomic E-state index is 3.90. The van der Waals surface area contributed by atoms with Crippen LogP contribution in [-0.4, -0.2) is 36.6 Å². The molecule has 0 aromatic heterocycles. The number of nitrogens with one attached hydrogen (secondary N) is 1. The summed E-state index contributed by atoms with van der Waals surface area (Å²) in [6.45, 7) is 8.50. The van der Waals surface area contributed by atoms with Gasteiger partial charge in [0.05, 0.1) is 0 Å². The maximum absolute atomic E-state index is 3.90. The summed E-state index contributed by atoms with van der Waals surface area (Å²) in [7, 11) is 0. The summed E-state index contributed by atoms with van der Waals surface area (Å²) in [5.74, 6) is 0.969. The molecule has 2 rings (SSSR count). The standard InChI is InChI=1S/C14H28N2/c1-3-16-10-4-5-14(11-16)15-13-8-6-12(2)7-9-13/h12-15H,3-11H2,1-2H3. The summed E-state index contributed by atoms with van der Waals surface area (Å²) in [6, 6.07) is 1.59. The SMILES string of the molecule is CCN1CCCC(NC2CCC(C)CC2)C1. The van der Waals surface area contributed by atoms with Gasteiger partial charge in [0.15, 0.2) is 0 Å². The molecule has 2 nitrogen and oxygen atoms in total. The Morgan fingerprint density at radius 2 is 1.81 bits per heavy atom. The molecule has 1 N–H and O–H groups in total. The van der Waals surface area contributed by atoms with Crippen molar-refractivity contribution >= 4 is 0 Å². The minimum absolute atomic E-state index is 0.770. The van der Waals surface area contributed by atoms with Gasteiger partial charge in [-0.05, 0) is 57.5 Å². The molecule has 1 saturated heterocycles. The molecule has 1 saturated carbocycles. The van der Waals surface area contributed by atoms with E-state index in [1.807, 2.05) is 0 Å². The van der Waals surface area contributed by atoms with Crippen LogP contribution in [0.2, 0.25) is 0 Å². The molecule has 0 amide bonds. The number of nitrogens with zero attached hydrogens (tertiary/aromatic N) is 1. The lowest BCUT2D eigenvalue weighted by Crippen LogP contribution is -2.49. The Bertz CT molecular complexity index is 197. The van der Waals surface area contributed by atoms with Crippen LogP contribution in [0.15, 0.2) is 0 Å². The minimum Gasteiger partial charge on any atom is -0.310 e. The summed E-state index contributed by atoms with van der Waals surface area (Å²) in [5, 5.41) is 3.90. The van der Waals surface area contributed by atoms with Gasteiger partial charge in [-0.3, -0.25) is 0 Å². The van der Waals surface area contributed by atoms with Crippen molar-refractivity contribution < 1.29 is 0 Å². The maximum Gasteiger partial charge on any atom is 0.0198 e. The smallest absolute Gasteiger partial charge is 0.0198 e. The fourth-order valence-electron chi connectivity index (χ4n) is 3.24. The molecule has 1 atom stereocenters. The highest BCUT2D eigenvalue weighted by molar-refractivity contribution is 4.83. The van der Waals surface area contributed by atoms with Gasteiger partial charge in [0.25, 0.3) is 0 Å². The number of likely N-dealkylation sites (N-methyl/N-ethyl adjacent to an activating group) is 1. The van der Waals surface area contributed by atoms with Crippen LogP contribution in [0, 0.1) is 5.92 Å². The fraction of sp³-hybridized carbons (Fsp3) is 1.00. The van der Waals surface area contributed by atoms with Gasteiger partial charge in [-0.25, -0.2) is 0 Å². The Labute approximate surface area is 101 Å². The highest BCUT2D eigenvalue weighted by atomic mass is 15.2. The summed E-state index contributed by atoms with van der Waals surface area (Å²) in [5.41, 5.74) is 0. The molecule has 2 aliphatic rings. The Hall–Kier alpha value is -0.0800. The van der Waals surface area contributed by atoms with E-state index in [4.69, 9.17) is 0 Å².